The molecule has 4 aromatic carbocycles. The largest absolute Gasteiger partial charge is 0.497 e. The van der Waals surface area contributed by atoms with Gasteiger partial charge in [-0.15, -0.1) is 0 Å². The van der Waals surface area contributed by atoms with Gasteiger partial charge in [0.25, 0.3) is 11.8 Å². The maximum absolute atomic E-state index is 13.8. The lowest BCUT2D eigenvalue weighted by atomic mass is 10.0. The number of para-hydroxylation sites is 2. The maximum Gasteiger partial charge on any atom is 0.270 e. The van der Waals surface area contributed by atoms with Crippen LogP contribution in [0.15, 0.2) is 109 Å². The smallest absolute Gasteiger partial charge is 0.270 e. The van der Waals surface area contributed by atoms with Gasteiger partial charge in [0.1, 0.15) is 23.7 Å². The first-order valence-electron chi connectivity index (χ1n) is 12.1. The van der Waals surface area contributed by atoms with Crippen LogP contribution >= 0.6 is 23.8 Å². The van der Waals surface area contributed by atoms with E-state index in [9.17, 15) is 9.59 Å². The zero-order valence-electron chi connectivity index (χ0n) is 20.9. The number of nitrogens with zero attached hydrogens (tertiary/aromatic N) is 2. The van der Waals surface area contributed by atoms with E-state index >= 15 is 0 Å². The van der Waals surface area contributed by atoms with Crippen molar-refractivity contribution in [2.45, 2.75) is 6.61 Å². The number of benzene rings is 4. The van der Waals surface area contributed by atoms with Gasteiger partial charge in [0.15, 0.2) is 5.11 Å². The lowest BCUT2D eigenvalue weighted by molar-refractivity contribution is -0.120. The molecule has 0 radical (unpaired) electrons. The van der Waals surface area contributed by atoms with E-state index in [1.807, 2.05) is 48.5 Å². The molecule has 1 heterocycles. The molecule has 0 unspecified atom stereocenters. The maximum atomic E-state index is 13.8. The fraction of sp³-hybridized carbons (Fsp3) is 0.0645. The predicted octanol–water partition coefficient (Wildman–Crippen LogP) is 6.68. The molecule has 0 aliphatic carbocycles. The zero-order valence-corrected chi connectivity index (χ0v) is 22.5. The first-order chi connectivity index (χ1) is 19.0. The third-order valence-electron chi connectivity index (χ3n) is 6.11. The molecule has 1 fully saturated rings. The van der Waals surface area contributed by atoms with Crippen LogP contribution in [0.1, 0.15) is 11.1 Å². The Morgan fingerprint density at radius 1 is 0.795 bits per heavy atom. The highest BCUT2D eigenvalue weighted by molar-refractivity contribution is 7.81. The predicted molar refractivity (Wildman–Crippen MR) is 157 cm³/mol. The van der Waals surface area contributed by atoms with Crippen molar-refractivity contribution < 1.29 is 19.1 Å². The van der Waals surface area contributed by atoms with E-state index in [1.54, 1.807) is 61.7 Å². The number of methoxy groups -OCH3 is 1. The number of hydrogen-bond donors (Lipinski definition) is 0. The Balaban J connectivity index is 1.58. The Morgan fingerprint density at radius 3 is 1.90 bits per heavy atom. The summed E-state index contributed by atoms with van der Waals surface area (Å²) in [4.78, 5) is 30.4. The van der Waals surface area contributed by atoms with E-state index in [-0.39, 0.29) is 17.3 Å². The number of carbonyl (C=O) groups is 2. The van der Waals surface area contributed by atoms with Crippen LogP contribution in [-0.4, -0.2) is 24.0 Å². The van der Waals surface area contributed by atoms with Crippen LogP contribution in [0.25, 0.3) is 6.08 Å². The summed E-state index contributed by atoms with van der Waals surface area (Å²) in [5.74, 6) is -0.0312. The minimum atomic E-state index is -0.525. The fourth-order valence-corrected chi connectivity index (χ4v) is 4.62. The lowest BCUT2D eigenvalue weighted by Gasteiger charge is -2.36. The average Bonchev–Trinajstić information content (AvgIpc) is 2.96. The molecular formula is C31H23ClN2O4S. The lowest BCUT2D eigenvalue weighted by Crippen LogP contribution is -2.56. The zero-order chi connectivity index (χ0) is 27.4. The molecule has 39 heavy (non-hydrogen) atoms. The van der Waals surface area contributed by atoms with Crippen molar-refractivity contribution in [2.24, 2.45) is 0 Å². The summed E-state index contributed by atoms with van der Waals surface area (Å²) < 4.78 is 11.5. The minimum Gasteiger partial charge on any atom is -0.497 e. The second kappa shape index (κ2) is 11.5. The van der Waals surface area contributed by atoms with Crippen molar-refractivity contribution in [2.75, 3.05) is 16.9 Å². The molecular weight excluding hydrogens is 532 g/mol. The van der Waals surface area contributed by atoms with E-state index in [0.29, 0.717) is 33.5 Å². The van der Waals surface area contributed by atoms with Crippen LogP contribution in [-0.2, 0) is 16.2 Å². The van der Waals surface area contributed by atoms with E-state index in [4.69, 9.17) is 33.3 Å². The molecule has 0 N–H and O–H groups in total. The number of anilines is 2. The van der Waals surface area contributed by atoms with E-state index < -0.39 is 11.8 Å². The first-order valence-corrected chi connectivity index (χ1v) is 12.8. The summed E-state index contributed by atoms with van der Waals surface area (Å²) in [5, 5.41) is 0.706. The van der Waals surface area contributed by atoms with Gasteiger partial charge in [0, 0.05) is 16.7 Å². The Hall–Kier alpha value is -4.46. The highest BCUT2D eigenvalue weighted by Crippen LogP contribution is 2.33. The Morgan fingerprint density at radius 2 is 1.36 bits per heavy atom. The van der Waals surface area contributed by atoms with Gasteiger partial charge in [-0.3, -0.25) is 19.4 Å². The van der Waals surface area contributed by atoms with Crippen molar-refractivity contribution in [3.63, 3.8) is 0 Å². The average molecular weight is 555 g/mol. The fourth-order valence-electron chi connectivity index (χ4n) is 4.12. The number of hydrogen-bond acceptors (Lipinski definition) is 5. The van der Waals surface area contributed by atoms with Gasteiger partial charge in [-0.2, -0.15) is 0 Å². The third kappa shape index (κ3) is 5.55. The molecule has 1 aliphatic heterocycles. The highest BCUT2D eigenvalue weighted by atomic mass is 35.5. The second-order valence-electron chi connectivity index (χ2n) is 8.61. The van der Waals surface area contributed by atoms with Gasteiger partial charge >= 0.3 is 0 Å². The Kier molecular flexibility index (Phi) is 7.72. The van der Waals surface area contributed by atoms with Crippen LogP contribution < -0.4 is 19.3 Å². The molecule has 8 heteroatoms. The summed E-state index contributed by atoms with van der Waals surface area (Å²) in [6.07, 6.45) is 1.54. The van der Waals surface area contributed by atoms with Gasteiger partial charge in [-0.05, 0) is 72.4 Å². The van der Waals surface area contributed by atoms with Crippen LogP contribution in [0.5, 0.6) is 11.5 Å². The molecule has 4 aromatic rings. The standard InChI is InChI=1S/C31H23ClN2O4S/c1-37-26-17-14-22(28(19-26)38-20-21-12-15-23(32)16-13-21)18-27-29(35)33(24-8-4-2-5-9-24)31(39)34(30(27)36)25-10-6-3-7-11-25/h2-19H,20H2,1H3. The number of amides is 2. The normalized spacial score (nSPS) is 13.5. The van der Waals surface area contributed by atoms with Crippen LogP contribution in [0, 0.1) is 0 Å². The monoisotopic (exact) mass is 554 g/mol. The van der Waals surface area contributed by atoms with Crippen molar-refractivity contribution in [3.05, 3.63) is 125 Å². The first kappa shape index (κ1) is 26.2. The second-order valence-corrected chi connectivity index (χ2v) is 9.41. The third-order valence-corrected chi connectivity index (χ3v) is 6.72. The van der Waals surface area contributed by atoms with Gasteiger partial charge in [0.2, 0.25) is 0 Å². The molecule has 5 rings (SSSR count). The summed E-state index contributed by atoms with van der Waals surface area (Å²) in [6, 6.07) is 30.5. The molecule has 0 atom stereocenters. The molecule has 0 aromatic heterocycles. The van der Waals surface area contributed by atoms with Gasteiger partial charge in [-0.1, -0.05) is 60.1 Å². The molecule has 1 saturated heterocycles. The number of ether oxygens (including phenoxy) is 2. The van der Waals surface area contributed by atoms with Crippen molar-refractivity contribution in [1.29, 1.82) is 0 Å². The van der Waals surface area contributed by atoms with Gasteiger partial charge in [0.05, 0.1) is 18.5 Å². The minimum absolute atomic E-state index is 0.0576. The molecule has 0 spiro atoms. The van der Waals surface area contributed by atoms with E-state index in [2.05, 4.69) is 0 Å². The van der Waals surface area contributed by atoms with E-state index in [0.717, 1.165) is 5.56 Å². The van der Waals surface area contributed by atoms with Crippen LogP contribution in [0.3, 0.4) is 0 Å². The Labute approximate surface area is 236 Å². The van der Waals surface area contributed by atoms with Crippen LogP contribution in [0.2, 0.25) is 5.02 Å². The quantitative estimate of drug-likeness (QED) is 0.145. The van der Waals surface area contributed by atoms with Crippen molar-refractivity contribution >= 4 is 58.2 Å². The molecule has 0 saturated carbocycles. The number of carbonyl (C=O) groups excluding carboxylic acids is 2. The van der Waals surface area contributed by atoms with Gasteiger partial charge in [-0.25, -0.2) is 0 Å². The summed E-state index contributed by atoms with van der Waals surface area (Å²) in [5.41, 5.74) is 2.50. The van der Waals surface area contributed by atoms with Gasteiger partial charge < -0.3 is 9.47 Å². The van der Waals surface area contributed by atoms with Crippen LogP contribution in [0.4, 0.5) is 11.4 Å². The molecule has 1 aliphatic rings. The van der Waals surface area contributed by atoms with E-state index in [1.165, 1.54) is 15.9 Å². The Bertz CT molecular complexity index is 1490. The molecule has 6 nitrogen and oxygen atoms in total. The SMILES string of the molecule is COc1ccc(C=C2C(=O)N(c3ccccc3)C(=S)N(c3ccccc3)C2=O)c(OCc2ccc(Cl)cc2)c1. The molecule has 2 amide bonds. The summed E-state index contributed by atoms with van der Waals surface area (Å²) >= 11 is 11.7. The topological polar surface area (TPSA) is 59.1 Å². The number of rotatable bonds is 7. The van der Waals surface area contributed by atoms with Crippen molar-refractivity contribution in [3.8, 4) is 11.5 Å². The number of thiocarbonyl (C=S) groups is 1. The highest BCUT2D eigenvalue weighted by Gasteiger charge is 2.41. The summed E-state index contributed by atoms with van der Waals surface area (Å²) in [6.45, 7) is 0.249. The summed E-state index contributed by atoms with van der Waals surface area (Å²) in [7, 11) is 1.56. The van der Waals surface area contributed by atoms with Crippen molar-refractivity contribution in [1.82, 2.24) is 0 Å². The molecule has 0 bridgehead atoms. The molecule has 194 valence electrons. The number of halogens is 1.